The Morgan fingerprint density at radius 1 is 1.33 bits per heavy atom. The zero-order valence-electron chi connectivity index (χ0n) is 10.2. The molecular weight excluding hydrogens is 230 g/mol. The highest BCUT2D eigenvalue weighted by Gasteiger charge is 2.08. The molecule has 0 N–H and O–H groups in total. The zero-order valence-corrected chi connectivity index (χ0v) is 10.2. The molecule has 0 radical (unpaired) electrons. The number of rotatable bonds is 5. The van der Waals surface area contributed by atoms with Crippen molar-refractivity contribution in [1.29, 1.82) is 0 Å². The van der Waals surface area contributed by atoms with E-state index >= 15 is 0 Å². The minimum absolute atomic E-state index is 0.110. The Morgan fingerprint density at radius 3 is 2.67 bits per heavy atom. The Hall–Kier alpha value is -2.17. The van der Waals surface area contributed by atoms with Gasteiger partial charge in [-0.05, 0) is 18.6 Å². The molecule has 1 aromatic heterocycles. The molecule has 2 rings (SSSR count). The van der Waals surface area contributed by atoms with Crippen molar-refractivity contribution in [3.8, 4) is 11.3 Å². The van der Waals surface area contributed by atoms with Gasteiger partial charge in [-0.2, -0.15) is 0 Å². The van der Waals surface area contributed by atoms with E-state index in [0.717, 1.165) is 30.6 Å². The molecule has 0 saturated heterocycles. The van der Waals surface area contributed by atoms with Gasteiger partial charge in [0.2, 0.25) is 0 Å². The molecule has 0 fully saturated rings. The third-order valence-corrected chi connectivity index (χ3v) is 2.84. The molecule has 0 aliphatic carbocycles. The maximum atomic E-state index is 10.6. The van der Waals surface area contributed by atoms with E-state index in [0.29, 0.717) is 0 Å². The van der Waals surface area contributed by atoms with Crippen LogP contribution in [0.2, 0.25) is 0 Å². The van der Waals surface area contributed by atoms with Gasteiger partial charge in [0.25, 0.3) is 5.69 Å². The van der Waals surface area contributed by atoms with Crippen LogP contribution in [-0.2, 0) is 6.54 Å². The van der Waals surface area contributed by atoms with Gasteiger partial charge in [-0.15, -0.1) is 0 Å². The number of unbranched alkanes of at least 4 members (excludes halogenated alkanes) is 1. The molecular formula is C13H15N3O2. The van der Waals surface area contributed by atoms with Crippen LogP contribution >= 0.6 is 0 Å². The van der Waals surface area contributed by atoms with Crippen LogP contribution in [0.3, 0.4) is 0 Å². The summed E-state index contributed by atoms with van der Waals surface area (Å²) in [5.41, 5.74) is 2.06. The van der Waals surface area contributed by atoms with Gasteiger partial charge in [-0.3, -0.25) is 10.1 Å². The second-order valence-corrected chi connectivity index (χ2v) is 4.13. The number of aromatic nitrogens is 2. The summed E-state index contributed by atoms with van der Waals surface area (Å²) in [6.45, 7) is 3.06. The maximum Gasteiger partial charge on any atom is 0.269 e. The second kappa shape index (κ2) is 5.44. The summed E-state index contributed by atoms with van der Waals surface area (Å²) in [6, 6.07) is 6.56. The van der Waals surface area contributed by atoms with Crippen LogP contribution in [0.15, 0.2) is 36.8 Å². The molecule has 2 aromatic rings. The minimum atomic E-state index is -0.391. The van der Waals surface area contributed by atoms with Crippen LogP contribution < -0.4 is 0 Å². The topological polar surface area (TPSA) is 61.0 Å². The van der Waals surface area contributed by atoms with E-state index < -0.39 is 4.92 Å². The van der Waals surface area contributed by atoms with Crippen LogP contribution in [0.25, 0.3) is 11.3 Å². The molecule has 0 spiro atoms. The van der Waals surface area contributed by atoms with E-state index in [1.807, 2.05) is 0 Å². The predicted molar refractivity (Wildman–Crippen MR) is 69.2 cm³/mol. The monoisotopic (exact) mass is 245 g/mol. The lowest BCUT2D eigenvalue weighted by molar-refractivity contribution is -0.384. The quantitative estimate of drug-likeness (QED) is 0.600. The Bertz CT molecular complexity index is 531. The fraction of sp³-hybridized carbons (Fsp3) is 0.308. The highest BCUT2D eigenvalue weighted by Crippen LogP contribution is 2.22. The van der Waals surface area contributed by atoms with E-state index in [1.165, 1.54) is 12.1 Å². The lowest BCUT2D eigenvalue weighted by Crippen LogP contribution is -1.98. The Labute approximate surface area is 105 Å². The molecule has 0 aliphatic rings. The van der Waals surface area contributed by atoms with Gasteiger partial charge in [-0.25, -0.2) is 4.98 Å². The van der Waals surface area contributed by atoms with Crippen molar-refractivity contribution in [2.45, 2.75) is 26.3 Å². The number of nitrogens with zero attached hydrogens (tertiary/aromatic N) is 3. The molecule has 18 heavy (non-hydrogen) atoms. The summed E-state index contributed by atoms with van der Waals surface area (Å²) in [5.74, 6) is 0. The van der Waals surface area contributed by atoms with E-state index in [1.54, 1.807) is 24.7 Å². The number of nitro groups is 1. The number of hydrogen-bond acceptors (Lipinski definition) is 3. The third kappa shape index (κ3) is 2.56. The molecule has 5 nitrogen and oxygen atoms in total. The SMILES string of the molecule is CCCCn1cncc1-c1ccc([N+](=O)[O-])cc1. The average molecular weight is 245 g/mol. The Balaban J connectivity index is 2.25. The Morgan fingerprint density at radius 2 is 2.06 bits per heavy atom. The van der Waals surface area contributed by atoms with Crippen molar-refractivity contribution in [3.05, 3.63) is 46.9 Å². The summed E-state index contributed by atoms with van der Waals surface area (Å²) >= 11 is 0. The van der Waals surface area contributed by atoms with E-state index in [9.17, 15) is 10.1 Å². The van der Waals surface area contributed by atoms with Crippen LogP contribution in [0.5, 0.6) is 0 Å². The van der Waals surface area contributed by atoms with E-state index in [2.05, 4.69) is 16.5 Å². The van der Waals surface area contributed by atoms with Crippen molar-refractivity contribution < 1.29 is 4.92 Å². The molecule has 94 valence electrons. The number of aryl methyl sites for hydroxylation is 1. The number of imidazole rings is 1. The molecule has 0 unspecified atom stereocenters. The number of benzene rings is 1. The number of non-ortho nitro benzene ring substituents is 1. The van der Waals surface area contributed by atoms with Gasteiger partial charge < -0.3 is 4.57 Å². The number of nitro benzene ring substituents is 1. The number of hydrogen-bond donors (Lipinski definition) is 0. The van der Waals surface area contributed by atoms with Gasteiger partial charge in [-0.1, -0.05) is 13.3 Å². The fourth-order valence-electron chi connectivity index (χ4n) is 1.82. The van der Waals surface area contributed by atoms with Gasteiger partial charge in [0.05, 0.1) is 23.1 Å². The first kappa shape index (κ1) is 12.3. The largest absolute Gasteiger partial charge is 0.331 e. The molecule has 1 aromatic carbocycles. The molecule has 1 heterocycles. The average Bonchev–Trinajstić information content (AvgIpc) is 2.84. The molecule has 0 amide bonds. The molecule has 0 bridgehead atoms. The van der Waals surface area contributed by atoms with Crippen LogP contribution in [-0.4, -0.2) is 14.5 Å². The van der Waals surface area contributed by atoms with E-state index in [-0.39, 0.29) is 5.69 Å². The summed E-state index contributed by atoms with van der Waals surface area (Å²) in [4.78, 5) is 14.3. The minimum Gasteiger partial charge on any atom is -0.331 e. The molecule has 5 heteroatoms. The third-order valence-electron chi connectivity index (χ3n) is 2.84. The van der Waals surface area contributed by atoms with Crippen molar-refractivity contribution in [2.24, 2.45) is 0 Å². The maximum absolute atomic E-state index is 10.6. The van der Waals surface area contributed by atoms with Gasteiger partial charge in [0.15, 0.2) is 0 Å². The van der Waals surface area contributed by atoms with Crippen molar-refractivity contribution >= 4 is 5.69 Å². The fourth-order valence-corrected chi connectivity index (χ4v) is 1.82. The second-order valence-electron chi connectivity index (χ2n) is 4.13. The summed E-state index contributed by atoms with van der Waals surface area (Å²) in [5, 5.41) is 10.6. The van der Waals surface area contributed by atoms with Crippen molar-refractivity contribution in [2.75, 3.05) is 0 Å². The van der Waals surface area contributed by atoms with Crippen LogP contribution in [0, 0.1) is 10.1 Å². The summed E-state index contributed by atoms with van der Waals surface area (Å²) < 4.78 is 2.07. The predicted octanol–water partition coefficient (Wildman–Crippen LogP) is 3.26. The highest BCUT2D eigenvalue weighted by molar-refractivity contribution is 5.60. The highest BCUT2D eigenvalue weighted by atomic mass is 16.6. The first-order chi connectivity index (χ1) is 8.72. The lowest BCUT2D eigenvalue weighted by Gasteiger charge is -2.07. The smallest absolute Gasteiger partial charge is 0.269 e. The molecule has 0 saturated carbocycles. The van der Waals surface area contributed by atoms with Crippen molar-refractivity contribution in [1.82, 2.24) is 9.55 Å². The van der Waals surface area contributed by atoms with E-state index in [4.69, 9.17) is 0 Å². The summed E-state index contributed by atoms with van der Waals surface area (Å²) in [7, 11) is 0. The van der Waals surface area contributed by atoms with Gasteiger partial charge in [0, 0.05) is 24.2 Å². The first-order valence-electron chi connectivity index (χ1n) is 5.97. The van der Waals surface area contributed by atoms with Crippen LogP contribution in [0.1, 0.15) is 19.8 Å². The Kier molecular flexibility index (Phi) is 3.72. The zero-order chi connectivity index (χ0) is 13.0. The van der Waals surface area contributed by atoms with Gasteiger partial charge in [0.1, 0.15) is 0 Å². The lowest BCUT2D eigenvalue weighted by atomic mass is 10.1. The van der Waals surface area contributed by atoms with Crippen molar-refractivity contribution in [3.63, 3.8) is 0 Å². The normalized spacial score (nSPS) is 10.5. The standard InChI is InChI=1S/C13H15N3O2/c1-2-3-8-15-10-14-9-13(15)11-4-6-12(7-5-11)16(17)18/h4-7,9-10H,2-3,8H2,1H3. The van der Waals surface area contributed by atoms with Gasteiger partial charge >= 0.3 is 0 Å². The summed E-state index contributed by atoms with van der Waals surface area (Å²) in [6.07, 6.45) is 5.80. The first-order valence-corrected chi connectivity index (χ1v) is 5.97. The molecule has 0 atom stereocenters. The van der Waals surface area contributed by atoms with Crippen LogP contribution in [0.4, 0.5) is 5.69 Å². The molecule has 0 aliphatic heterocycles.